The predicted octanol–water partition coefficient (Wildman–Crippen LogP) is 3.70. The van der Waals surface area contributed by atoms with Crippen molar-refractivity contribution in [2.45, 2.75) is 70.3 Å². The minimum atomic E-state index is -0.260. The predicted molar refractivity (Wildman–Crippen MR) is 108 cm³/mol. The van der Waals surface area contributed by atoms with Crippen LogP contribution in [-0.4, -0.2) is 37.4 Å². The highest BCUT2D eigenvalue weighted by atomic mass is 32.2. The van der Waals surface area contributed by atoms with Crippen molar-refractivity contribution in [1.82, 2.24) is 25.5 Å². The number of hydrogen-bond donors (Lipinski definition) is 1. The number of thioether (sulfide) groups is 1. The lowest BCUT2D eigenvalue weighted by Crippen LogP contribution is -2.46. The minimum Gasteiger partial charge on any atom is -0.352 e. The summed E-state index contributed by atoms with van der Waals surface area (Å²) < 4.78 is 1.72. The van der Waals surface area contributed by atoms with Crippen molar-refractivity contribution in [2.75, 3.05) is 0 Å². The number of benzene rings is 1. The fourth-order valence-corrected chi connectivity index (χ4v) is 4.48. The third-order valence-electron chi connectivity index (χ3n) is 5.93. The monoisotopic (exact) mass is 387 g/mol. The molecule has 1 amide bonds. The van der Waals surface area contributed by atoms with Crippen LogP contribution in [0.3, 0.4) is 0 Å². The summed E-state index contributed by atoms with van der Waals surface area (Å²) in [6.45, 7) is 10.6. The SMILES string of the molecule is Cc1cccc(-n2nnnc2S[C@@H](C)C(=O)N[C@@H]2CCC[C@H](C)[C@@H]2C)c1C. The van der Waals surface area contributed by atoms with Gasteiger partial charge in [0.25, 0.3) is 0 Å². The number of nitrogens with zero attached hydrogens (tertiary/aromatic N) is 4. The van der Waals surface area contributed by atoms with Gasteiger partial charge in [-0.3, -0.25) is 4.79 Å². The zero-order chi connectivity index (χ0) is 19.6. The maximum absolute atomic E-state index is 12.7. The van der Waals surface area contributed by atoms with E-state index < -0.39 is 0 Å². The second-order valence-corrected chi connectivity index (χ2v) is 9.04. The third kappa shape index (κ3) is 4.34. The first-order chi connectivity index (χ1) is 12.9. The van der Waals surface area contributed by atoms with Crippen LogP contribution in [0, 0.1) is 25.7 Å². The maximum atomic E-state index is 12.7. The lowest BCUT2D eigenvalue weighted by molar-refractivity contribution is -0.121. The maximum Gasteiger partial charge on any atom is 0.233 e. The number of carbonyl (C=O) groups is 1. The first-order valence-electron chi connectivity index (χ1n) is 9.70. The summed E-state index contributed by atoms with van der Waals surface area (Å²) >= 11 is 1.40. The Balaban J connectivity index is 1.70. The Morgan fingerprint density at radius 1 is 1.30 bits per heavy atom. The first kappa shape index (κ1) is 19.9. The average molecular weight is 388 g/mol. The van der Waals surface area contributed by atoms with Gasteiger partial charge < -0.3 is 5.32 Å². The third-order valence-corrected chi connectivity index (χ3v) is 6.96. The van der Waals surface area contributed by atoms with E-state index in [4.69, 9.17) is 0 Å². The van der Waals surface area contributed by atoms with Crippen LogP contribution in [0.15, 0.2) is 23.4 Å². The topological polar surface area (TPSA) is 72.7 Å². The van der Waals surface area contributed by atoms with Crippen LogP contribution in [0.1, 0.15) is 51.2 Å². The van der Waals surface area contributed by atoms with Gasteiger partial charge in [-0.15, -0.1) is 5.10 Å². The Kier molecular flexibility index (Phi) is 6.19. The molecule has 0 radical (unpaired) electrons. The van der Waals surface area contributed by atoms with Crippen molar-refractivity contribution >= 4 is 17.7 Å². The normalized spacial score (nSPS) is 23.8. The molecule has 0 saturated heterocycles. The molecule has 1 saturated carbocycles. The van der Waals surface area contributed by atoms with Crippen molar-refractivity contribution in [2.24, 2.45) is 11.8 Å². The van der Waals surface area contributed by atoms with E-state index in [2.05, 4.69) is 54.6 Å². The standard InChI is InChI=1S/C20H29N5OS/c1-12-8-6-10-17(14(12)3)21-19(26)16(5)27-20-22-23-24-25(20)18-11-7-9-13(2)15(18)4/h7,9,11-12,14,16-17H,6,8,10H2,1-5H3,(H,21,26)/t12-,14-,16-,17+/m0/s1. The quantitative estimate of drug-likeness (QED) is 0.792. The van der Waals surface area contributed by atoms with Gasteiger partial charge in [-0.1, -0.05) is 50.6 Å². The fourth-order valence-electron chi connectivity index (χ4n) is 3.67. The number of nitrogens with one attached hydrogen (secondary N) is 1. The highest BCUT2D eigenvalue weighted by molar-refractivity contribution is 8.00. The Morgan fingerprint density at radius 3 is 2.85 bits per heavy atom. The molecule has 0 aliphatic heterocycles. The molecule has 1 aromatic heterocycles. The zero-order valence-corrected chi connectivity index (χ0v) is 17.6. The molecular weight excluding hydrogens is 358 g/mol. The van der Waals surface area contributed by atoms with Crippen molar-refractivity contribution in [3.05, 3.63) is 29.3 Å². The number of hydrogen-bond acceptors (Lipinski definition) is 5. The first-order valence-corrected chi connectivity index (χ1v) is 10.6. The van der Waals surface area contributed by atoms with Crippen LogP contribution in [0.25, 0.3) is 5.69 Å². The van der Waals surface area contributed by atoms with Gasteiger partial charge in [-0.2, -0.15) is 4.68 Å². The van der Waals surface area contributed by atoms with E-state index in [-0.39, 0.29) is 17.2 Å². The molecule has 1 aliphatic rings. The number of aromatic nitrogens is 4. The molecule has 1 fully saturated rings. The summed E-state index contributed by atoms with van der Waals surface area (Å²) in [5.41, 5.74) is 3.27. The Bertz CT molecular complexity index is 805. The lowest BCUT2D eigenvalue weighted by atomic mass is 9.78. The van der Waals surface area contributed by atoms with Gasteiger partial charge in [0.2, 0.25) is 11.1 Å². The van der Waals surface area contributed by atoms with Gasteiger partial charge in [0.05, 0.1) is 10.9 Å². The summed E-state index contributed by atoms with van der Waals surface area (Å²) in [7, 11) is 0. The molecule has 6 nitrogen and oxygen atoms in total. The number of carbonyl (C=O) groups excluding carboxylic acids is 1. The summed E-state index contributed by atoms with van der Waals surface area (Å²) in [5.74, 6) is 1.23. The van der Waals surface area contributed by atoms with E-state index in [0.717, 1.165) is 17.7 Å². The van der Waals surface area contributed by atoms with E-state index in [1.54, 1.807) is 4.68 Å². The minimum absolute atomic E-state index is 0.0569. The highest BCUT2D eigenvalue weighted by Gasteiger charge is 2.30. The van der Waals surface area contributed by atoms with E-state index in [9.17, 15) is 4.79 Å². The van der Waals surface area contributed by atoms with Gasteiger partial charge in [-0.25, -0.2) is 0 Å². The molecule has 1 aliphatic carbocycles. The van der Waals surface area contributed by atoms with Crippen molar-refractivity contribution < 1.29 is 4.79 Å². The Morgan fingerprint density at radius 2 is 2.07 bits per heavy atom. The number of rotatable bonds is 5. The molecule has 0 bridgehead atoms. The molecule has 1 aromatic carbocycles. The van der Waals surface area contributed by atoms with Gasteiger partial charge in [0.1, 0.15) is 0 Å². The number of aryl methyl sites for hydroxylation is 1. The van der Waals surface area contributed by atoms with Gasteiger partial charge in [0.15, 0.2) is 0 Å². The Hall–Kier alpha value is -1.89. The van der Waals surface area contributed by atoms with E-state index in [1.807, 2.05) is 19.1 Å². The van der Waals surface area contributed by atoms with Crippen LogP contribution in [-0.2, 0) is 4.79 Å². The molecule has 7 heteroatoms. The van der Waals surface area contributed by atoms with Crippen LogP contribution in [0.5, 0.6) is 0 Å². The largest absolute Gasteiger partial charge is 0.352 e. The van der Waals surface area contributed by atoms with Gasteiger partial charge >= 0.3 is 0 Å². The highest BCUT2D eigenvalue weighted by Crippen LogP contribution is 2.30. The van der Waals surface area contributed by atoms with E-state index >= 15 is 0 Å². The molecular formula is C20H29N5OS. The average Bonchev–Trinajstić information content (AvgIpc) is 3.09. The summed E-state index contributed by atoms with van der Waals surface area (Å²) in [4.78, 5) is 12.7. The van der Waals surface area contributed by atoms with E-state index in [1.165, 1.54) is 30.2 Å². The molecule has 1 N–H and O–H groups in total. The molecule has 1 heterocycles. The van der Waals surface area contributed by atoms with E-state index in [0.29, 0.717) is 17.0 Å². The zero-order valence-electron chi connectivity index (χ0n) is 16.8. The smallest absolute Gasteiger partial charge is 0.233 e. The fraction of sp³-hybridized carbons (Fsp3) is 0.600. The molecule has 0 unspecified atom stereocenters. The number of tetrazole rings is 1. The number of amides is 1. The van der Waals surface area contributed by atoms with Crippen molar-refractivity contribution in [3.63, 3.8) is 0 Å². The summed E-state index contributed by atoms with van der Waals surface area (Å²) in [6, 6.07) is 6.33. The summed E-state index contributed by atoms with van der Waals surface area (Å²) in [5, 5.41) is 15.7. The molecule has 0 spiro atoms. The van der Waals surface area contributed by atoms with Gasteiger partial charge in [0, 0.05) is 6.04 Å². The van der Waals surface area contributed by atoms with Gasteiger partial charge in [-0.05, 0) is 66.6 Å². The van der Waals surface area contributed by atoms with Crippen LogP contribution in [0.2, 0.25) is 0 Å². The van der Waals surface area contributed by atoms with Crippen LogP contribution < -0.4 is 5.32 Å². The molecule has 146 valence electrons. The molecule has 4 atom stereocenters. The second-order valence-electron chi connectivity index (χ2n) is 7.73. The van der Waals surface area contributed by atoms with Crippen LogP contribution in [0.4, 0.5) is 0 Å². The second kappa shape index (κ2) is 8.42. The molecule has 2 aromatic rings. The van der Waals surface area contributed by atoms with Crippen molar-refractivity contribution in [1.29, 1.82) is 0 Å². The molecule has 3 rings (SSSR count). The summed E-state index contributed by atoms with van der Waals surface area (Å²) in [6.07, 6.45) is 3.50. The molecule has 27 heavy (non-hydrogen) atoms. The lowest BCUT2D eigenvalue weighted by Gasteiger charge is -2.35. The van der Waals surface area contributed by atoms with Crippen molar-refractivity contribution in [3.8, 4) is 5.69 Å². The van der Waals surface area contributed by atoms with Crippen LogP contribution >= 0.6 is 11.8 Å². The Labute approximate surface area is 165 Å².